The van der Waals surface area contributed by atoms with Gasteiger partial charge in [0.05, 0.1) is 6.04 Å². The van der Waals surface area contributed by atoms with Crippen LogP contribution in [0.4, 0.5) is 0 Å². The molecule has 1 aliphatic carbocycles. The molecule has 21 heavy (non-hydrogen) atoms. The number of benzene rings is 2. The smallest absolute Gasteiger partial charge is 0.237 e. The lowest BCUT2D eigenvalue weighted by atomic mass is 9.77. The molecule has 1 amide bonds. The Hall–Kier alpha value is -2.13. The summed E-state index contributed by atoms with van der Waals surface area (Å²) in [4.78, 5) is 12.1. The molecule has 3 heteroatoms. The predicted molar refractivity (Wildman–Crippen MR) is 84.0 cm³/mol. The minimum atomic E-state index is -0.484. The van der Waals surface area contributed by atoms with E-state index in [1.54, 1.807) is 0 Å². The van der Waals surface area contributed by atoms with Crippen molar-refractivity contribution in [3.63, 3.8) is 0 Å². The lowest BCUT2D eigenvalue weighted by Gasteiger charge is -2.30. The van der Waals surface area contributed by atoms with Crippen molar-refractivity contribution < 1.29 is 4.79 Å². The first kappa shape index (κ1) is 13.8. The van der Waals surface area contributed by atoms with Crippen LogP contribution in [0.2, 0.25) is 0 Å². The summed E-state index contributed by atoms with van der Waals surface area (Å²) in [5.74, 6) is 0.373. The quantitative estimate of drug-likeness (QED) is 0.880. The van der Waals surface area contributed by atoms with Crippen molar-refractivity contribution in [3.8, 4) is 0 Å². The predicted octanol–water partition coefficient (Wildman–Crippen LogP) is 2.01. The Balaban J connectivity index is 1.49. The molecule has 3 nitrogen and oxygen atoms in total. The average Bonchev–Trinajstić information content (AvgIpc) is 2.49. The molecule has 108 valence electrons. The fraction of sp³-hybridized carbons (Fsp3) is 0.278. The molecule has 0 saturated heterocycles. The van der Waals surface area contributed by atoms with Crippen LogP contribution < -0.4 is 11.1 Å². The van der Waals surface area contributed by atoms with E-state index in [1.165, 1.54) is 11.1 Å². The van der Waals surface area contributed by atoms with Crippen LogP contribution in [-0.2, 0) is 17.6 Å². The van der Waals surface area contributed by atoms with Gasteiger partial charge in [-0.05, 0) is 29.5 Å². The van der Waals surface area contributed by atoms with Crippen molar-refractivity contribution in [2.45, 2.75) is 24.8 Å². The number of carbonyl (C=O) groups is 1. The van der Waals surface area contributed by atoms with Crippen LogP contribution in [-0.4, -0.2) is 18.5 Å². The summed E-state index contributed by atoms with van der Waals surface area (Å²) in [7, 11) is 0. The maximum atomic E-state index is 12.1. The molecular formula is C18H20N2O. The van der Waals surface area contributed by atoms with Crippen LogP contribution in [0, 0.1) is 0 Å². The van der Waals surface area contributed by atoms with Gasteiger partial charge in [-0.1, -0.05) is 54.6 Å². The molecule has 0 heterocycles. The van der Waals surface area contributed by atoms with Crippen molar-refractivity contribution in [2.75, 3.05) is 6.54 Å². The summed E-state index contributed by atoms with van der Waals surface area (Å²) in [6, 6.07) is 17.8. The number of nitrogens with two attached hydrogens (primary N) is 1. The van der Waals surface area contributed by atoms with Crippen LogP contribution in [0.5, 0.6) is 0 Å². The highest BCUT2D eigenvalue weighted by Crippen LogP contribution is 2.33. The molecule has 0 fully saturated rings. The minimum Gasteiger partial charge on any atom is -0.354 e. The van der Waals surface area contributed by atoms with Gasteiger partial charge in [0.2, 0.25) is 5.91 Å². The number of hydrogen-bond donors (Lipinski definition) is 2. The molecule has 0 saturated carbocycles. The number of fused-ring (bicyclic) bond motifs is 1. The van der Waals surface area contributed by atoms with Crippen molar-refractivity contribution in [1.82, 2.24) is 5.32 Å². The van der Waals surface area contributed by atoms with Gasteiger partial charge >= 0.3 is 0 Å². The summed E-state index contributed by atoms with van der Waals surface area (Å²) in [5, 5.41) is 2.98. The van der Waals surface area contributed by atoms with Crippen molar-refractivity contribution in [1.29, 1.82) is 0 Å². The summed E-state index contributed by atoms with van der Waals surface area (Å²) in [6.07, 6.45) is 1.62. The zero-order chi connectivity index (χ0) is 14.7. The Morgan fingerprint density at radius 1 is 1.14 bits per heavy atom. The number of hydrogen-bond acceptors (Lipinski definition) is 2. The van der Waals surface area contributed by atoms with Gasteiger partial charge in [-0.15, -0.1) is 0 Å². The lowest BCUT2D eigenvalue weighted by molar-refractivity contribution is -0.122. The maximum absolute atomic E-state index is 12.1. The molecule has 3 N–H and O–H groups in total. The molecule has 0 spiro atoms. The van der Waals surface area contributed by atoms with E-state index in [0.717, 1.165) is 12.0 Å². The molecule has 3 rings (SSSR count). The van der Waals surface area contributed by atoms with Gasteiger partial charge in [0.25, 0.3) is 0 Å². The van der Waals surface area contributed by atoms with Crippen LogP contribution in [0.25, 0.3) is 0 Å². The topological polar surface area (TPSA) is 55.1 Å². The van der Waals surface area contributed by atoms with E-state index < -0.39 is 6.04 Å². The Morgan fingerprint density at radius 2 is 1.86 bits per heavy atom. The van der Waals surface area contributed by atoms with Crippen LogP contribution in [0.1, 0.15) is 22.6 Å². The third-order valence-corrected chi connectivity index (χ3v) is 4.12. The first-order valence-corrected chi connectivity index (χ1v) is 7.39. The summed E-state index contributed by atoms with van der Waals surface area (Å²) < 4.78 is 0. The third-order valence-electron chi connectivity index (χ3n) is 4.12. The molecule has 1 unspecified atom stereocenters. The van der Waals surface area contributed by atoms with Crippen LogP contribution in [0.15, 0.2) is 54.6 Å². The lowest BCUT2D eigenvalue weighted by Crippen LogP contribution is -2.44. The second-order valence-corrected chi connectivity index (χ2v) is 5.64. The Labute approximate surface area is 125 Å². The van der Waals surface area contributed by atoms with E-state index in [1.807, 2.05) is 36.4 Å². The fourth-order valence-corrected chi connectivity index (χ4v) is 2.86. The van der Waals surface area contributed by atoms with Gasteiger partial charge < -0.3 is 11.1 Å². The number of nitrogens with one attached hydrogen (secondary N) is 1. The number of rotatable bonds is 5. The fourth-order valence-electron chi connectivity index (χ4n) is 2.86. The molecule has 0 aromatic heterocycles. The zero-order valence-electron chi connectivity index (χ0n) is 12.0. The van der Waals surface area contributed by atoms with E-state index in [9.17, 15) is 4.79 Å². The first-order valence-electron chi connectivity index (χ1n) is 7.39. The van der Waals surface area contributed by atoms with Crippen molar-refractivity contribution >= 4 is 5.91 Å². The Morgan fingerprint density at radius 3 is 2.62 bits per heavy atom. The third kappa shape index (κ3) is 3.14. The molecule has 2 atom stereocenters. The molecule has 0 radical (unpaired) electrons. The summed E-state index contributed by atoms with van der Waals surface area (Å²) in [6.45, 7) is 0.679. The first-order chi connectivity index (χ1) is 10.2. The van der Waals surface area contributed by atoms with E-state index in [4.69, 9.17) is 5.73 Å². The SMILES string of the molecule is N[C@H](Cc1ccccc1)C(=O)NCC1Cc2ccccc21. The highest BCUT2D eigenvalue weighted by atomic mass is 16.2. The van der Waals surface area contributed by atoms with Gasteiger partial charge in [0.15, 0.2) is 0 Å². The van der Waals surface area contributed by atoms with E-state index >= 15 is 0 Å². The Bertz CT molecular complexity index is 624. The van der Waals surface area contributed by atoms with Crippen LogP contribution in [0.3, 0.4) is 0 Å². The van der Waals surface area contributed by atoms with Gasteiger partial charge in [0.1, 0.15) is 0 Å². The van der Waals surface area contributed by atoms with E-state index in [2.05, 4.69) is 23.5 Å². The molecule has 0 aliphatic heterocycles. The van der Waals surface area contributed by atoms with E-state index in [-0.39, 0.29) is 5.91 Å². The largest absolute Gasteiger partial charge is 0.354 e. The second kappa shape index (κ2) is 6.10. The molecular weight excluding hydrogens is 260 g/mol. The van der Waals surface area contributed by atoms with Gasteiger partial charge in [-0.25, -0.2) is 0 Å². The molecule has 2 aromatic carbocycles. The number of amides is 1. The van der Waals surface area contributed by atoms with Crippen LogP contribution >= 0.6 is 0 Å². The van der Waals surface area contributed by atoms with Gasteiger partial charge in [-0.3, -0.25) is 4.79 Å². The van der Waals surface area contributed by atoms with Crippen molar-refractivity contribution in [3.05, 3.63) is 71.3 Å². The Kier molecular flexibility index (Phi) is 4.02. The second-order valence-electron chi connectivity index (χ2n) is 5.64. The monoisotopic (exact) mass is 280 g/mol. The van der Waals surface area contributed by atoms with Gasteiger partial charge in [0, 0.05) is 12.5 Å². The molecule has 1 aliphatic rings. The highest BCUT2D eigenvalue weighted by Gasteiger charge is 2.26. The molecule has 0 bridgehead atoms. The maximum Gasteiger partial charge on any atom is 0.237 e. The summed E-state index contributed by atoms with van der Waals surface area (Å²) >= 11 is 0. The normalized spacial score (nSPS) is 17.5. The van der Waals surface area contributed by atoms with Gasteiger partial charge in [-0.2, -0.15) is 0 Å². The molecule has 2 aromatic rings. The van der Waals surface area contributed by atoms with E-state index in [0.29, 0.717) is 18.9 Å². The zero-order valence-corrected chi connectivity index (χ0v) is 12.0. The number of carbonyl (C=O) groups excluding carboxylic acids is 1. The summed E-state index contributed by atoms with van der Waals surface area (Å²) in [5.41, 5.74) is 9.82. The van der Waals surface area contributed by atoms with Crippen molar-refractivity contribution in [2.24, 2.45) is 5.73 Å². The highest BCUT2D eigenvalue weighted by molar-refractivity contribution is 5.81. The average molecular weight is 280 g/mol. The standard InChI is InChI=1S/C18H20N2O/c19-17(10-13-6-2-1-3-7-13)18(21)20-12-15-11-14-8-4-5-9-16(14)15/h1-9,15,17H,10-12,19H2,(H,20,21)/t15?,17-/m1/s1. The minimum absolute atomic E-state index is 0.0664.